The van der Waals surface area contributed by atoms with Crippen molar-refractivity contribution in [2.75, 3.05) is 11.1 Å². The number of rotatable bonds is 7. The van der Waals surface area contributed by atoms with Gasteiger partial charge >= 0.3 is 6.01 Å². The number of aryl methyl sites for hydroxylation is 4. The van der Waals surface area contributed by atoms with Crippen LogP contribution in [0.1, 0.15) is 34.7 Å². The molecule has 0 saturated carbocycles. The van der Waals surface area contributed by atoms with Gasteiger partial charge in [-0.1, -0.05) is 47.3 Å². The molecule has 10 heteroatoms. The van der Waals surface area contributed by atoms with Crippen LogP contribution in [0, 0.1) is 6.92 Å². The molecule has 0 bridgehead atoms. The number of thiophene rings is 1. The quantitative estimate of drug-likeness (QED) is 0.314. The van der Waals surface area contributed by atoms with Crippen molar-refractivity contribution >= 4 is 45.2 Å². The van der Waals surface area contributed by atoms with Gasteiger partial charge in [0.15, 0.2) is 11.0 Å². The molecule has 1 N–H and O–H groups in total. The fourth-order valence-electron chi connectivity index (χ4n) is 4.05. The van der Waals surface area contributed by atoms with E-state index in [4.69, 9.17) is 9.51 Å². The van der Waals surface area contributed by atoms with Crippen LogP contribution in [-0.2, 0) is 30.6 Å². The van der Waals surface area contributed by atoms with Gasteiger partial charge in [0.25, 0.3) is 5.56 Å². The zero-order valence-corrected chi connectivity index (χ0v) is 19.8. The number of carbonyl (C=O) groups is 1. The van der Waals surface area contributed by atoms with E-state index in [0.29, 0.717) is 23.9 Å². The number of thioether (sulfide) groups is 1. The topological polar surface area (TPSA) is 103 Å². The van der Waals surface area contributed by atoms with E-state index in [9.17, 15) is 9.59 Å². The van der Waals surface area contributed by atoms with Crippen LogP contribution < -0.4 is 10.9 Å². The number of nitrogens with zero attached hydrogens (tertiary/aromatic N) is 4. The maximum Gasteiger partial charge on any atom is 0.328 e. The molecule has 33 heavy (non-hydrogen) atoms. The van der Waals surface area contributed by atoms with Crippen molar-refractivity contribution in [2.45, 2.75) is 50.7 Å². The van der Waals surface area contributed by atoms with Crippen molar-refractivity contribution in [2.24, 2.45) is 0 Å². The summed E-state index contributed by atoms with van der Waals surface area (Å²) in [5, 5.41) is 7.57. The minimum atomic E-state index is -0.293. The number of hydrogen-bond acceptors (Lipinski definition) is 8. The highest BCUT2D eigenvalue weighted by atomic mass is 32.2. The summed E-state index contributed by atoms with van der Waals surface area (Å²) >= 11 is 2.87. The maximum atomic E-state index is 13.6. The van der Waals surface area contributed by atoms with Gasteiger partial charge < -0.3 is 4.52 Å². The number of fused-ring (bicyclic) bond motifs is 3. The predicted molar refractivity (Wildman–Crippen MR) is 129 cm³/mol. The van der Waals surface area contributed by atoms with Gasteiger partial charge in [-0.05, 0) is 50.2 Å². The Bertz CT molecular complexity index is 1360. The molecule has 0 aliphatic heterocycles. The minimum Gasteiger partial charge on any atom is -0.315 e. The van der Waals surface area contributed by atoms with Gasteiger partial charge in [0.05, 0.1) is 11.1 Å². The van der Waals surface area contributed by atoms with Crippen LogP contribution in [0.4, 0.5) is 6.01 Å². The lowest BCUT2D eigenvalue weighted by Gasteiger charge is -2.13. The number of amides is 1. The third-order valence-electron chi connectivity index (χ3n) is 5.61. The molecule has 5 rings (SSSR count). The first-order valence-corrected chi connectivity index (χ1v) is 12.7. The summed E-state index contributed by atoms with van der Waals surface area (Å²) in [7, 11) is 0. The third kappa shape index (κ3) is 4.72. The first-order chi connectivity index (χ1) is 16.1. The number of hydrogen-bond donors (Lipinski definition) is 1. The zero-order chi connectivity index (χ0) is 22.8. The fraction of sp³-hybridized carbons (Fsp3) is 0.348. The van der Waals surface area contributed by atoms with Crippen molar-refractivity contribution in [3.8, 4) is 0 Å². The summed E-state index contributed by atoms with van der Waals surface area (Å²) in [5.74, 6) is 0.232. The third-order valence-corrected chi connectivity index (χ3v) is 7.78. The Morgan fingerprint density at radius 1 is 1.21 bits per heavy atom. The normalized spacial score (nSPS) is 13.2. The molecule has 1 aliphatic rings. The molecular weight excluding hydrogens is 458 g/mol. The Morgan fingerprint density at radius 2 is 2.03 bits per heavy atom. The molecule has 3 aromatic heterocycles. The smallest absolute Gasteiger partial charge is 0.315 e. The van der Waals surface area contributed by atoms with Crippen LogP contribution in [0.2, 0.25) is 0 Å². The Morgan fingerprint density at radius 3 is 2.82 bits per heavy atom. The van der Waals surface area contributed by atoms with Crippen LogP contribution in [0.3, 0.4) is 0 Å². The van der Waals surface area contributed by atoms with E-state index >= 15 is 0 Å². The van der Waals surface area contributed by atoms with Crippen LogP contribution >= 0.6 is 23.1 Å². The second-order valence-corrected chi connectivity index (χ2v) is 9.99. The van der Waals surface area contributed by atoms with Crippen molar-refractivity contribution in [1.82, 2.24) is 19.7 Å². The SMILES string of the molecule is Cc1noc(NC(=O)CSc2nc3sc4c(c3c(=O)n2CCc2ccccc2)CCCC4)n1. The number of anilines is 1. The lowest BCUT2D eigenvalue weighted by molar-refractivity contribution is -0.114. The highest BCUT2D eigenvalue weighted by Crippen LogP contribution is 2.34. The number of carbonyl (C=O) groups excluding carboxylic acids is 1. The number of aromatic nitrogens is 4. The van der Waals surface area contributed by atoms with E-state index in [1.165, 1.54) is 22.2 Å². The zero-order valence-electron chi connectivity index (χ0n) is 18.2. The predicted octanol–water partition coefficient (Wildman–Crippen LogP) is 4.00. The van der Waals surface area contributed by atoms with Crippen molar-refractivity contribution in [3.63, 3.8) is 0 Å². The van der Waals surface area contributed by atoms with Crippen LogP contribution in [0.5, 0.6) is 0 Å². The van der Waals surface area contributed by atoms with Crippen LogP contribution in [0.25, 0.3) is 10.2 Å². The first kappa shape index (κ1) is 21.8. The lowest BCUT2D eigenvalue weighted by atomic mass is 9.97. The standard InChI is InChI=1S/C23H23N5O3S2/c1-14-24-22(31-27-14)25-18(29)13-32-23-26-20-19(16-9-5-6-10-17(16)33-20)21(30)28(23)12-11-15-7-3-2-4-8-15/h2-4,7-8H,5-6,9-13H2,1H3,(H,24,25,27,29). The maximum absolute atomic E-state index is 13.6. The summed E-state index contributed by atoms with van der Waals surface area (Å²) in [6.07, 6.45) is 4.91. The fourth-order valence-corrected chi connectivity index (χ4v) is 6.17. The van der Waals surface area contributed by atoms with E-state index in [1.807, 2.05) is 18.2 Å². The molecule has 0 unspecified atom stereocenters. The molecule has 170 valence electrons. The first-order valence-electron chi connectivity index (χ1n) is 10.9. The minimum absolute atomic E-state index is 0.00855. The summed E-state index contributed by atoms with van der Waals surface area (Å²) in [5.41, 5.74) is 2.32. The van der Waals surface area contributed by atoms with E-state index in [2.05, 4.69) is 27.6 Å². The second kappa shape index (κ2) is 9.48. The molecule has 1 amide bonds. The molecule has 4 aromatic rings. The van der Waals surface area contributed by atoms with Gasteiger partial charge in [-0.15, -0.1) is 11.3 Å². The Balaban J connectivity index is 1.44. The lowest BCUT2D eigenvalue weighted by Crippen LogP contribution is -2.25. The molecule has 1 aliphatic carbocycles. The van der Waals surface area contributed by atoms with Gasteiger partial charge in [-0.3, -0.25) is 19.5 Å². The van der Waals surface area contributed by atoms with Crippen molar-refractivity contribution in [3.05, 3.63) is 62.5 Å². The van der Waals surface area contributed by atoms with Crippen molar-refractivity contribution in [1.29, 1.82) is 0 Å². The summed E-state index contributed by atoms with van der Waals surface area (Å²) < 4.78 is 6.68. The van der Waals surface area contributed by atoms with E-state index in [0.717, 1.165) is 41.5 Å². The molecule has 0 atom stereocenters. The molecule has 3 heterocycles. The average molecular weight is 482 g/mol. The summed E-state index contributed by atoms with van der Waals surface area (Å²) in [6, 6.07) is 10.1. The monoisotopic (exact) mass is 481 g/mol. The highest BCUT2D eigenvalue weighted by Gasteiger charge is 2.22. The van der Waals surface area contributed by atoms with Gasteiger partial charge in [-0.2, -0.15) is 4.98 Å². The summed E-state index contributed by atoms with van der Waals surface area (Å²) in [4.78, 5) is 36.9. The van der Waals surface area contributed by atoms with E-state index in [-0.39, 0.29) is 23.2 Å². The molecule has 1 aromatic carbocycles. The molecular formula is C23H23N5O3S2. The van der Waals surface area contributed by atoms with Gasteiger partial charge in [0, 0.05) is 11.4 Å². The number of benzene rings is 1. The van der Waals surface area contributed by atoms with Gasteiger partial charge in [0.1, 0.15) is 4.83 Å². The molecule has 0 spiro atoms. The second-order valence-electron chi connectivity index (χ2n) is 7.96. The molecule has 0 radical (unpaired) electrons. The largest absolute Gasteiger partial charge is 0.328 e. The van der Waals surface area contributed by atoms with Gasteiger partial charge in [-0.25, -0.2) is 4.98 Å². The molecule has 8 nitrogen and oxygen atoms in total. The van der Waals surface area contributed by atoms with Crippen LogP contribution in [0.15, 0.2) is 44.8 Å². The Labute approximate surface area is 198 Å². The van der Waals surface area contributed by atoms with Gasteiger partial charge in [0.2, 0.25) is 5.91 Å². The van der Waals surface area contributed by atoms with E-state index in [1.54, 1.807) is 22.8 Å². The molecule has 0 saturated heterocycles. The Hall–Kier alpha value is -2.98. The molecule has 0 fully saturated rings. The average Bonchev–Trinajstić information content (AvgIpc) is 3.40. The van der Waals surface area contributed by atoms with E-state index < -0.39 is 0 Å². The Kier molecular flexibility index (Phi) is 6.28. The summed E-state index contributed by atoms with van der Waals surface area (Å²) in [6.45, 7) is 2.18. The highest BCUT2D eigenvalue weighted by molar-refractivity contribution is 7.99. The van der Waals surface area contributed by atoms with Crippen molar-refractivity contribution < 1.29 is 9.32 Å². The number of nitrogens with one attached hydrogen (secondary N) is 1. The van der Waals surface area contributed by atoms with Crippen LogP contribution in [-0.4, -0.2) is 31.4 Å².